The quantitative estimate of drug-likeness (QED) is 0.490. The minimum atomic E-state index is -0.610. The zero-order valence-electron chi connectivity index (χ0n) is 18.2. The SMILES string of the molecule is O=C(Cc1cccs1)Nc1nc(CC(=O)NC(Cc2ccccc2)C(=O)N2CCCC2)cs1. The van der Waals surface area contributed by atoms with E-state index in [-0.39, 0.29) is 24.1 Å². The van der Waals surface area contributed by atoms with Crippen LogP contribution in [-0.4, -0.2) is 46.7 Å². The highest BCUT2D eigenvalue weighted by Crippen LogP contribution is 2.18. The van der Waals surface area contributed by atoms with Gasteiger partial charge in [-0.25, -0.2) is 4.98 Å². The Morgan fingerprint density at radius 1 is 0.970 bits per heavy atom. The summed E-state index contributed by atoms with van der Waals surface area (Å²) in [4.78, 5) is 45.2. The summed E-state index contributed by atoms with van der Waals surface area (Å²) in [5.74, 6) is -0.434. The predicted molar refractivity (Wildman–Crippen MR) is 130 cm³/mol. The third-order valence-electron chi connectivity index (χ3n) is 5.39. The van der Waals surface area contributed by atoms with E-state index in [1.165, 1.54) is 22.7 Å². The normalized spacial score (nSPS) is 14.1. The molecule has 172 valence electrons. The van der Waals surface area contributed by atoms with Crippen molar-refractivity contribution in [1.82, 2.24) is 15.2 Å². The highest BCUT2D eigenvalue weighted by atomic mass is 32.1. The Morgan fingerprint density at radius 2 is 1.76 bits per heavy atom. The standard InChI is InChI=1S/C24H26N4O3S2/c29-21(14-18-16-33-24(25-18)27-22(30)15-19-9-6-12-32-19)26-20(13-17-7-2-1-3-8-17)23(31)28-10-4-5-11-28/h1-3,6-9,12,16,20H,4-5,10-11,13-15H2,(H,26,29)(H,25,27,30). The van der Waals surface area contributed by atoms with Crippen LogP contribution in [-0.2, 0) is 33.6 Å². The van der Waals surface area contributed by atoms with Crippen molar-refractivity contribution in [2.45, 2.75) is 38.1 Å². The molecule has 9 heteroatoms. The summed E-state index contributed by atoms with van der Waals surface area (Å²) >= 11 is 2.82. The van der Waals surface area contributed by atoms with Crippen molar-refractivity contribution in [3.8, 4) is 0 Å². The third-order valence-corrected chi connectivity index (χ3v) is 7.07. The summed E-state index contributed by atoms with van der Waals surface area (Å²) in [5, 5.41) is 9.86. The van der Waals surface area contributed by atoms with Crippen LogP contribution in [0.5, 0.6) is 0 Å². The lowest BCUT2D eigenvalue weighted by molar-refractivity contribution is -0.135. The Hall–Kier alpha value is -3.04. The van der Waals surface area contributed by atoms with E-state index in [1.54, 1.807) is 5.38 Å². The largest absolute Gasteiger partial charge is 0.344 e. The van der Waals surface area contributed by atoms with E-state index in [4.69, 9.17) is 0 Å². The van der Waals surface area contributed by atoms with Crippen LogP contribution in [0, 0.1) is 0 Å². The van der Waals surface area contributed by atoms with Gasteiger partial charge in [-0.3, -0.25) is 14.4 Å². The van der Waals surface area contributed by atoms with Crippen molar-refractivity contribution in [2.75, 3.05) is 18.4 Å². The number of likely N-dealkylation sites (tertiary alicyclic amines) is 1. The van der Waals surface area contributed by atoms with Gasteiger partial charge < -0.3 is 15.5 Å². The predicted octanol–water partition coefficient (Wildman–Crippen LogP) is 3.28. The molecule has 3 aromatic rings. The van der Waals surface area contributed by atoms with E-state index in [2.05, 4.69) is 15.6 Å². The summed E-state index contributed by atoms with van der Waals surface area (Å²) in [6.45, 7) is 1.47. The fraction of sp³-hybridized carbons (Fsp3) is 0.333. The lowest BCUT2D eigenvalue weighted by Crippen LogP contribution is -2.49. The van der Waals surface area contributed by atoms with Crippen molar-refractivity contribution >= 4 is 45.5 Å². The van der Waals surface area contributed by atoms with Gasteiger partial charge in [0.15, 0.2) is 5.13 Å². The first-order chi connectivity index (χ1) is 16.1. The van der Waals surface area contributed by atoms with E-state index < -0.39 is 6.04 Å². The molecule has 0 aliphatic carbocycles. The monoisotopic (exact) mass is 482 g/mol. The lowest BCUT2D eigenvalue weighted by Gasteiger charge is -2.24. The Kier molecular flexibility index (Phi) is 7.85. The molecule has 3 amide bonds. The van der Waals surface area contributed by atoms with Crippen molar-refractivity contribution in [3.63, 3.8) is 0 Å². The van der Waals surface area contributed by atoms with Gasteiger partial charge in [-0.2, -0.15) is 0 Å². The molecule has 33 heavy (non-hydrogen) atoms. The topological polar surface area (TPSA) is 91.4 Å². The van der Waals surface area contributed by atoms with E-state index in [1.807, 2.05) is 52.7 Å². The van der Waals surface area contributed by atoms with Gasteiger partial charge in [-0.1, -0.05) is 36.4 Å². The second kappa shape index (κ2) is 11.2. The number of amides is 3. The molecule has 4 rings (SSSR count). The molecule has 1 saturated heterocycles. The molecule has 3 heterocycles. The average Bonchev–Trinajstić information content (AvgIpc) is 3.57. The van der Waals surface area contributed by atoms with Crippen molar-refractivity contribution in [2.24, 2.45) is 0 Å². The summed E-state index contributed by atoms with van der Waals surface area (Å²) in [6, 6.07) is 12.9. The summed E-state index contributed by atoms with van der Waals surface area (Å²) in [7, 11) is 0. The highest BCUT2D eigenvalue weighted by Gasteiger charge is 2.28. The molecule has 1 unspecified atom stereocenters. The average molecular weight is 483 g/mol. The third kappa shape index (κ3) is 6.72. The van der Waals surface area contributed by atoms with Gasteiger partial charge in [0.25, 0.3) is 0 Å². The Labute approximate surface area is 200 Å². The van der Waals surface area contributed by atoms with Gasteiger partial charge in [0.2, 0.25) is 17.7 Å². The van der Waals surface area contributed by atoms with Crippen molar-refractivity contribution < 1.29 is 14.4 Å². The fourth-order valence-corrected chi connectivity index (χ4v) is 5.23. The smallest absolute Gasteiger partial charge is 0.245 e. The Bertz CT molecular complexity index is 1080. The minimum absolute atomic E-state index is 0.0375. The van der Waals surface area contributed by atoms with Gasteiger partial charge in [-0.05, 0) is 29.9 Å². The summed E-state index contributed by atoms with van der Waals surface area (Å²) in [5.41, 5.74) is 1.57. The van der Waals surface area contributed by atoms with Crippen molar-refractivity contribution in [3.05, 3.63) is 69.4 Å². The Balaban J connectivity index is 1.34. The number of thiophene rings is 1. The maximum atomic E-state index is 13.0. The van der Waals surface area contributed by atoms with E-state index in [0.717, 1.165) is 36.4 Å². The molecule has 0 bridgehead atoms. The van der Waals surface area contributed by atoms with Gasteiger partial charge in [0, 0.05) is 29.8 Å². The van der Waals surface area contributed by atoms with Crippen LogP contribution < -0.4 is 10.6 Å². The molecule has 0 saturated carbocycles. The molecule has 7 nitrogen and oxygen atoms in total. The number of thiazole rings is 1. The first-order valence-corrected chi connectivity index (χ1v) is 12.7. The second-order valence-corrected chi connectivity index (χ2v) is 9.86. The zero-order chi connectivity index (χ0) is 23.0. The van der Waals surface area contributed by atoms with Crippen LogP contribution in [0.2, 0.25) is 0 Å². The number of hydrogen-bond acceptors (Lipinski definition) is 6. The number of benzene rings is 1. The molecule has 1 atom stereocenters. The number of carbonyl (C=O) groups excluding carboxylic acids is 3. The zero-order valence-corrected chi connectivity index (χ0v) is 19.8. The minimum Gasteiger partial charge on any atom is -0.344 e. The van der Waals surface area contributed by atoms with Gasteiger partial charge in [-0.15, -0.1) is 22.7 Å². The van der Waals surface area contributed by atoms with E-state index in [9.17, 15) is 14.4 Å². The summed E-state index contributed by atoms with van der Waals surface area (Å²) < 4.78 is 0. The first-order valence-electron chi connectivity index (χ1n) is 11.0. The molecule has 0 radical (unpaired) electrons. The lowest BCUT2D eigenvalue weighted by atomic mass is 10.0. The van der Waals surface area contributed by atoms with Crippen LogP contribution in [0.25, 0.3) is 0 Å². The first kappa shape index (κ1) is 23.1. The van der Waals surface area contributed by atoms with E-state index >= 15 is 0 Å². The second-order valence-electron chi connectivity index (χ2n) is 7.97. The van der Waals surface area contributed by atoms with Gasteiger partial charge in [0.05, 0.1) is 18.5 Å². The molecule has 2 N–H and O–H groups in total. The Morgan fingerprint density at radius 3 is 2.48 bits per heavy atom. The number of nitrogens with zero attached hydrogens (tertiary/aromatic N) is 2. The fourth-order valence-electron chi connectivity index (χ4n) is 3.80. The van der Waals surface area contributed by atoms with Crippen LogP contribution >= 0.6 is 22.7 Å². The van der Waals surface area contributed by atoms with Crippen LogP contribution in [0.4, 0.5) is 5.13 Å². The van der Waals surface area contributed by atoms with Crippen LogP contribution in [0.3, 0.4) is 0 Å². The molecular formula is C24H26N4O3S2. The maximum Gasteiger partial charge on any atom is 0.245 e. The number of rotatable bonds is 9. The molecule has 2 aromatic heterocycles. The van der Waals surface area contributed by atoms with Crippen LogP contribution in [0.15, 0.2) is 53.2 Å². The molecule has 1 aromatic carbocycles. The highest BCUT2D eigenvalue weighted by molar-refractivity contribution is 7.14. The van der Waals surface area contributed by atoms with E-state index in [0.29, 0.717) is 23.7 Å². The van der Waals surface area contributed by atoms with Crippen molar-refractivity contribution in [1.29, 1.82) is 0 Å². The molecule has 1 aliphatic heterocycles. The number of hydrogen-bond donors (Lipinski definition) is 2. The number of carbonyl (C=O) groups is 3. The molecule has 1 fully saturated rings. The maximum absolute atomic E-state index is 13.0. The van der Waals surface area contributed by atoms with Crippen LogP contribution in [0.1, 0.15) is 29.0 Å². The molecule has 0 spiro atoms. The number of anilines is 1. The number of aromatic nitrogens is 1. The molecular weight excluding hydrogens is 456 g/mol. The van der Waals surface area contributed by atoms with Gasteiger partial charge >= 0.3 is 0 Å². The number of nitrogens with one attached hydrogen (secondary N) is 2. The van der Waals surface area contributed by atoms with Gasteiger partial charge in [0.1, 0.15) is 6.04 Å². The summed E-state index contributed by atoms with van der Waals surface area (Å²) in [6.07, 6.45) is 2.79. The molecule has 1 aliphatic rings.